The van der Waals surface area contributed by atoms with E-state index >= 15 is 0 Å². The van der Waals surface area contributed by atoms with Gasteiger partial charge in [0, 0.05) is 16.1 Å². The van der Waals surface area contributed by atoms with E-state index < -0.39 is 5.76 Å². The number of para-hydroxylation sites is 1. The van der Waals surface area contributed by atoms with E-state index in [1.165, 1.54) is 0 Å². The van der Waals surface area contributed by atoms with Gasteiger partial charge in [-0.05, 0) is 42.8 Å². The Morgan fingerprint density at radius 2 is 1.95 bits per heavy atom. The predicted molar refractivity (Wildman–Crippen MR) is 81.8 cm³/mol. The van der Waals surface area contributed by atoms with Crippen molar-refractivity contribution in [3.05, 3.63) is 53.6 Å². The minimum atomic E-state index is -2.54. The number of anilines is 2. The lowest BCUT2D eigenvalue weighted by atomic mass is 10.1. The predicted octanol–water partition coefficient (Wildman–Crippen LogP) is 4.14. The summed E-state index contributed by atoms with van der Waals surface area (Å²) < 4.78 is 25.0. The summed E-state index contributed by atoms with van der Waals surface area (Å²) in [4.78, 5) is 12.5. The molecule has 0 spiro atoms. The average molecular weight is 308 g/mol. The first kappa shape index (κ1) is 15.3. The van der Waals surface area contributed by atoms with Gasteiger partial charge in [-0.3, -0.25) is 4.79 Å². The number of benzene rings is 2. The Hall–Kier alpha value is -2.08. The van der Waals surface area contributed by atoms with Crippen molar-refractivity contribution in [2.45, 2.75) is 17.6 Å². The van der Waals surface area contributed by atoms with E-state index in [0.717, 1.165) is 5.56 Å². The molecule has 110 valence electrons. The third-order valence-corrected chi connectivity index (χ3v) is 3.67. The minimum absolute atomic E-state index is 0.327. The molecule has 0 radical (unpaired) electrons. The van der Waals surface area contributed by atoms with Gasteiger partial charge in [0.15, 0.2) is 0 Å². The van der Waals surface area contributed by atoms with Gasteiger partial charge in [-0.1, -0.05) is 23.9 Å². The molecule has 0 atom stereocenters. The highest BCUT2D eigenvalue weighted by Gasteiger charge is 2.13. The van der Waals surface area contributed by atoms with Crippen molar-refractivity contribution < 1.29 is 13.6 Å². The third-order valence-electron chi connectivity index (χ3n) is 2.88. The van der Waals surface area contributed by atoms with Crippen molar-refractivity contribution in [3.63, 3.8) is 0 Å². The Kier molecular flexibility index (Phi) is 4.80. The smallest absolute Gasteiger partial charge is 0.288 e. The fraction of sp³-hybridized carbons (Fsp3) is 0.133. The van der Waals surface area contributed by atoms with Gasteiger partial charge in [0.2, 0.25) is 0 Å². The Labute approximate surface area is 125 Å². The van der Waals surface area contributed by atoms with Crippen LogP contribution >= 0.6 is 11.8 Å². The van der Waals surface area contributed by atoms with Crippen LogP contribution in [-0.4, -0.2) is 11.7 Å². The normalized spacial score (nSPS) is 10.7. The van der Waals surface area contributed by atoms with Gasteiger partial charge in [-0.2, -0.15) is 8.78 Å². The summed E-state index contributed by atoms with van der Waals surface area (Å²) >= 11 is 0.400. The van der Waals surface area contributed by atoms with Crippen LogP contribution < -0.4 is 11.1 Å². The number of hydrogen-bond donors (Lipinski definition) is 2. The van der Waals surface area contributed by atoms with Crippen LogP contribution in [0.5, 0.6) is 0 Å². The highest BCUT2D eigenvalue weighted by Crippen LogP contribution is 2.31. The molecule has 3 nitrogen and oxygen atoms in total. The molecule has 0 unspecified atom stereocenters. The molecule has 0 saturated heterocycles. The number of carbonyl (C=O) groups is 1. The second-order valence-electron chi connectivity index (χ2n) is 4.40. The Balaban J connectivity index is 2.21. The lowest BCUT2D eigenvalue weighted by molar-refractivity contribution is 0.102. The standard InChI is InChI=1S/C15H14F2N2OS/c1-9-8-10(6-7-11(9)18)14(20)19-12-4-2-3-5-13(12)21-15(16)17/h2-8,15H,18H2,1H3,(H,19,20). The largest absolute Gasteiger partial charge is 0.399 e. The molecule has 1 amide bonds. The first-order valence-corrected chi connectivity index (χ1v) is 7.06. The number of alkyl halides is 2. The molecule has 0 aromatic heterocycles. The van der Waals surface area contributed by atoms with Crippen LogP contribution in [0.15, 0.2) is 47.4 Å². The zero-order chi connectivity index (χ0) is 15.4. The molecule has 0 fully saturated rings. The maximum Gasteiger partial charge on any atom is 0.288 e. The molecule has 0 bridgehead atoms. The summed E-state index contributed by atoms with van der Waals surface area (Å²) in [5.41, 5.74) is 7.88. The SMILES string of the molecule is Cc1cc(C(=O)Nc2ccccc2SC(F)F)ccc1N. The molecule has 21 heavy (non-hydrogen) atoms. The van der Waals surface area contributed by atoms with E-state index in [2.05, 4.69) is 5.32 Å². The lowest BCUT2D eigenvalue weighted by Crippen LogP contribution is -2.13. The molecule has 0 aliphatic rings. The number of nitrogens with two attached hydrogens (primary N) is 1. The van der Waals surface area contributed by atoms with Crippen LogP contribution in [0.3, 0.4) is 0 Å². The molecular weight excluding hydrogens is 294 g/mol. The van der Waals surface area contributed by atoms with E-state index in [1.807, 2.05) is 0 Å². The van der Waals surface area contributed by atoms with E-state index in [4.69, 9.17) is 5.73 Å². The van der Waals surface area contributed by atoms with Gasteiger partial charge in [0.05, 0.1) is 5.69 Å². The van der Waals surface area contributed by atoms with Gasteiger partial charge in [0.25, 0.3) is 11.7 Å². The summed E-state index contributed by atoms with van der Waals surface area (Å²) in [6.45, 7) is 1.80. The molecule has 0 saturated carbocycles. The zero-order valence-electron chi connectivity index (χ0n) is 11.3. The number of carbonyl (C=O) groups excluding carboxylic acids is 1. The number of aryl methyl sites for hydroxylation is 1. The van der Waals surface area contributed by atoms with Gasteiger partial charge >= 0.3 is 0 Å². The van der Waals surface area contributed by atoms with Crippen molar-refractivity contribution in [2.24, 2.45) is 0 Å². The molecule has 0 aliphatic carbocycles. The van der Waals surface area contributed by atoms with Crippen LogP contribution in [-0.2, 0) is 0 Å². The van der Waals surface area contributed by atoms with Gasteiger partial charge in [0.1, 0.15) is 0 Å². The van der Waals surface area contributed by atoms with E-state index in [0.29, 0.717) is 33.6 Å². The third kappa shape index (κ3) is 3.95. The summed E-state index contributed by atoms with van der Waals surface area (Å²) in [6, 6.07) is 11.4. The first-order valence-electron chi connectivity index (χ1n) is 6.18. The topological polar surface area (TPSA) is 55.1 Å². The summed E-state index contributed by atoms with van der Waals surface area (Å²) in [6.07, 6.45) is 0. The summed E-state index contributed by atoms with van der Waals surface area (Å²) in [5, 5.41) is 2.64. The average Bonchev–Trinajstić information content (AvgIpc) is 2.43. The van der Waals surface area contributed by atoms with Crippen molar-refractivity contribution in [1.29, 1.82) is 0 Å². The Morgan fingerprint density at radius 1 is 1.24 bits per heavy atom. The first-order chi connectivity index (χ1) is 9.97. The second-order valence-corrected chi connectivity index (χ2v) is 5.43. The molecule has 2 rings (SSSR count). The van der Waals surface area contributed by atoms with Crippen LogP contribution in [0, 0.1) is 6.92 Å². The number of thioether (sulfide) groups is 1. The number of amides is 1. The maximum absolute atomic E-state index is 12.5. The fourth-order valence-corrected chi connectivity index (χ4v) is 2.38. The summed E-state index contributed by atoms with van der Waals surface area (Å²) in [5.74, 6) is -2.90. The van der Waals surface area contributed by atoms with Gasteiger partial charge in [-0.15, -0.1) is 0 Å². The lowest BCUT2D eigenvalue weighted by Gasteiger charge is -2.11. The number of rotatable bonds is 4. The molecule has 2 aromatic carbocycles. The van der Waals surface area contributed by atoms with Crippen LogP contribution in [0.1, 0.15) is 15.9 Å². The van der Waals surface area contributed by atoms with Crippen molar-refractivity contribution in [1.82, 2.24) is 0 Å². The molecular formula is C15H14F2N2OS. The summed E-state index contributed by atoms with van der Waals surface area (Å²) in [7, 11) is 0. The molecule has 0 heterocycles. The van der Waals surface area contributed by atoms with Gasteiger partial charge in [-0.25, -0.2) is 0 Å². The maximum atomic E-state index is 12.5. The minimum Gasteiger partial charge on any atom is -0.399 e. The quantitative estimate of drug-likeness (QED) is 0.659. The Bertz CT molecular complexity index is 662. The Morgan fingerprint density at radius 3 is 2.62 bits per heavy atom. The molecule has 0 aliphatic heterocycles. The number of halogens is 2. The van der Waals surface area contributed by atoms with E-state index in [9.17, 15) is 13.6 Å². The number of hydrogen-bond acceptors (Lipinski definition) is 3. The van der Waals surface area contributed by atoms with Crippen LogP contribution in [0.4, 0.5) is 20.2 Å². The van der Waals surface area contributed by atoms with Crippen molar-refractivity contribution in [3.8, 4) is 0 Å². The zero-order valence-corrected chi connectivity index (χ0v) is 12.1. The highest BCUT2D eigenvalue weighted by molar-refractivity contribution is 7.99. The van der Waals surface area contributed by atoms with Crippen LogP contribution in [0.2, 0.25) is 0 Å². The second kappa shape index (κ2) is 6.58. The van der Waals surface area contributed by atoms with Gasteiger partial charge < -0.3 is 11.1 Å². The molecule has 3 N–H and O–H groups in total. The highest BCUT2D eigenvalue weighted by atomic mass is 32.2. The van der Waals surface area contributed by atoms with Crippen molar-refractivity contribution >= 4 is 29.0 Å². The van der Waals surface area contributed by atoms with Crippen molar-refractivity contribution in [2.75, 3.05) is 11.1 Å². The van der Waals surface area contributed by atoms with Crippen LogP contribution in [0.25, 0.3) is 0 Å². The van der Waals surface area contributed by atoms with E-state index in [-0.39, 0.29) is 5.91 Å². The van der Waals surface area contributed by atoms with E-state index in [1.54, 1.807) is 49.4 Å². The molecule has 2 aromatic rings. The monoisotopic (exact) mass is 308 g/mol. The fourth-order valence-electron chi connectivity index (χ4n) is 1.78. The molecule has 6 heteroatoms. The number of nitrogen functional groups attached to an aromatic ring is 1. The number of nitrogens with one attached hydrogen (secondary N) is 1.